The molecule has 2 aromatic rings. The Bertz CT molecular complexity index is 624. The van der Waals surface area contributed by atoms with Crippen molar-refractivity contribution in [2.75, 3.05) is 13.1 Å². The smallest absolute Gasteiger partial charge is 0.246 e. The molecule has 1 aromatic heterocycles. The number of para-hydroxylation sites is 1. The zero-order valence-corrected chi connectivity index (χ0v) is 12.6. The maximum absolute atomic E-state index is 12.1. The summed E-state index contributed by atoms with van der Waals surface area (Å²) in [6, 6.07) is 7.97. The van der Waals surface area contributed by atoms with E-state index < -0.39 is 0 Å². The monoisotopic (exact) mass is 286 g/mol. The van der Waals surface area contributed by atoms with Crippen molar-refractivity contribution in [1.29, 1.82) is 0 Å². The highest BCUT2D eigenvalue weighted by atomic mass is 32.1. The molecule has 2 rings (SSSR count). The number of amides is 1. The van der Waals surface area contributed by atoms with Gasteiger partial charge in [0, 0.05) is 19.2 Å². The minimum Gasteiger partial charge on any atom is -0.335 e. The summed E-state index contributed by atoms with van der Waals surface area (Å²) in [5.74, 6) is -0.00486. The van der Waals surface area contributed by atoms with Gasteiger partial charge in [-0.2, -0.15) is 0 Å². The lowest BCUT2D eigenvalue weighted by Gasteiger charge is -2.18. The lowest BCUT2D eigenvalue weighted by atomic mass is 10.3. The molecule has 1 aromatic carbocycles. The third-order valence-electron chi connectivity index (χ3n) is 2.83. The molecule has 0 aliphatic heterocycles. The first kappa shape index (κ1) is 14.5. The van der Waals surface area contributed by atoms with Gasteiger partial charge >= 0.3 is 0 Å². The number of nitrogens with zero attached hydrogens (tertiary/aromatic N) is 2. The lowest BCUT2D eigenvalue weighted by molar-refractivity contribution is -0.125. The molecule has 0 spiro atoms. The van der Waals surface area contributed by atoms with Gasteiger partial charge in [-0.05, 0) is 32.1 Å². The Labute approximate surface area is 123 Å². The van der Waals surface area contributed by atoms with Crippen LogP contribution in [0.3, 0.4) is 0 Å². The third kappa shape index (κ3) is 3.54. The molecule has 0 fully saturated rings. The van der Waals surface area contributed by atoms with Crippen molar-refractivity contribution in [3.8, 4) is 0 Å². The van der Waals surface area contributed by atoms with Gasteiger partial charge in [-0.25, -0.2) is 4.98 Å². The number of benzene rings is 1. The Morgan fingerprint density at radius 1 is 1.45 bits per heavy atom. The van der Waals surface area contributed by atoms with Crippen molar-refractivity contribution in [2.24, 2.45) is 0 Å². The molecule has 104 valence electrons. The van der Waals surface area contributed by atoms with E-state index in [-0.39, 0.29) is 5.91 Å². The number of thiazole rings is 1. The van der Waals surface area contributed by atoms with Crippen molar-refractivity contribution in [3.05, 3.63) is 47.5 Å². The Hall–Kier alpha value is -1.94. The van der Waals surface area contributed by atoms with Gasteiger partial charge in [-0.15, -0.1) is 11.3 Å². The summed E-state index contributed by atoms with van der Waals surface area (Å²) in [5.41, 5.74) is 1.95. The van der Waals surface area contributed by atoms with Gasteiger partial charge in [0.1, 0.15) is 5.01 Å². The number of fused-ring (bicyclic) bond motifs is 1. The molecule has 1 heterocycles. The van der Waals surface area contributed by atoms with E-state index in [2.05, 4.69) is 11.6 Å². The topological polar surface area (TPSA) is 33.2 Å². The fraction of sp³-hybridized carbons (Fsp3) is 0.250. The van der Waals surface area contributed by atoms with Gasteiger partial charge in [-0.1, -0.05) is 24.3 Å². The van der Waals surface area contributed by atoms with Crippen LogP contribution >= 0.6 is 11.3 Å². The summed E-state index contributed by atoms with van der Waals surface area (Å²) in [6.07, 6.45) is 3.37. The van der Waals surface area contributed by atoms with Crippen LogP contribution in [0.25, 0.3) is 16.3 Å². The highest BCUT2D eigenvalue weighted by molar-refractivity contribution is 7.19. The molecular weight excluding hydrogens is 268 g/mol. The van der Waals surface area contributed by atoms with E-state index in [1.54, 1.807) is 28.4 Å². The van der Waals surface area contributed by atoms with Crippen molar-refractivity contribution >= 4 is 33.5 Å². The average Bonchev–Trinajstić information content (AvgIpc) is 2.84. The molecule has 0 saturated heterocycles. The van der Waals surface area contributed by atoms with E-state index in [0.717, 1.165) is 20.8 Å². The molecule has 0 radical (unpaired) electrons. The molecule has 0 saturated carbocycles. The zero-order chi connectivity index (χ0) is 14.5. The number of carbonyl (C=O) groups is 1. The van der Waals surface area contributed by atoms with Crippen LogP contribution in [0.1, 0.15) is 18.9 Å². The fourth-order valence-corrected chi connectivity index (χ4v) is 2.75. The summed E-state index contributed by atoms with van der Waals surface area (Å²) in [6.45, 7) is 9.01. The first-order valence-corrected chi connectivity index (χ1v) is 7.38. The third-order valence-corrected chi connectivity index (χ3v) is 3.83. The van der Waals surface area contributed by atoms with Crippen molar-refractivity contribution in [3.63, 3.8) is 0 Å². The standard InChI is InChI=1S/C16H18N2OS/c1-4-18(11-12(2)3)16(19)10-9-15-17-13-7-5-6-8-14(13)20-15/h5-10H,2,4,11H2,1,3H3/b10-9+. The minimum atomic E-state index is -0.00486. The predicted octanol–water partition coefficient (Wildman–Crippen LogP) is 3.73. The van der Waals surface area contributed by atoms with E-state index in [1.807, 2.05) is 38.1 Å². The summed E-state index contributed by atoms with van der Waals surface area (Å²) in [7, 11) is 0. The largest absolute Gasteiger partial charge is 0.335 e. The van der Waals surface area contributed by atoms with E-state index in [0.29, 0.717) is 13.1 Å². The van der Waals surface area contributed by atoms with Gasteiger partial charge in [0.25, 0.3) is 0 Å². The number of carbonyl (C=O) groups excluding carboxylic acids is 1. The summed E-state index contributed by atoms with van der Waals surface area (Å²) >= 11 is 1.59. The van der Waals surface area contributed by atoms with E-state index >= 15 is 0 Å². The number of likely N-dealkylation sites (N-methyl/N-ethyl adjacent to an activating group) is 1. The summed E-state index contributed by atoms with van der Waals surface area (Å²) in [5, 5.41) is 0.853. The maximum Gasteiger partial charge on any atom is 0.246 e. The number of hydrogen-bond acceptors (Lipinski definition) is 3. The van der Waals surface area contributed by atoms with Gasteiger partial charge in [0.2, 0.25) is 5.91 Å². The Morgan fingerprint density at radius 3 is 2.85 bits per heavy atom. The minimum absolute atomic E-state index is 0.00486. The molecule has 0 N–H and O–H groups in total. The SMILES string of the molecule is C=C(C)CN(CC)C(=O)/C=C/c1nc2ccccc2s1. The predicted molar refractivity (Wildman–Crippen MR) is 85.7 cm³/mol. The normalized spacial score (nSPS) is 11.1. The second kappa shape index (κ2) is 6.48. The number of hydrogen-bond donors (Lipinski definition) is 0. The molecule has 20 heavy (non-hydrogen) atoms. The van der Waals surface area contributed by atoms with Crippen LogP contribution in [0.2, 0.25) is 0 Å². The molecule has 0 bridgehead atoms. The molecule has 3 nitrogen and oxygen atoms in total. The highest BCUT2D eigenvalue weighted by Crippen LogP contribution is 2.22. The van der Waals surface area contributed by atoms with Gasteiger partial charge < -0.3 is 4.90 Å². The molecular formula is C16H18N2OS. The summed E-state index contributed by atoms with van der Waals surface area (Å²) in [4.78, 5) is 18.3. The first-order chi connectivity index (χ1) is 9.60. The average molecular weight is 286 g/mol. The highest BCUT2D eigenvalue weighted by Gasteiger charge is 2.08. The lowest BCUT2D eigenvalue weighted by Crippen LogP contribution is -2.30. The van der Waals surface area contributed by atoms with Crippen molar-refractivity contribution in [2.45, 2.75) is 13.8 Å². The quantitative estimate of drug-likeness (QED) is 0.620. The fourth-order valence-electron chi connectivity index (χ4n) is 1.88. The molecule has 0 aliphatic carbocycles. The second-order valence-electron chi connectivity index (χ2n) is 4.66. The maximum atomic E-state index is 12.1. The Morgan fingerprint density at radius 2 is 2.20 bits per heavy atom. The van der Waals surface area contributed by atoms with Crippen LogP contribution in [0.15, 0.2) is 42.5 Å². The van der Waals surface area contributed by atoms with Crippen LogP contribution in [-0.2, 0) is 4.79 Å². The molecule has 0 atom stereocenters. The molecule has 0 unspecified atom stereocenters. The Balaban J connectivity index is 2.11. The van der Waals surface area contributed by atoms with Crippen LogP contribution < -0.4 is 0 Å². The van der Waals surface area contributed by atoms with Crippen LogP contribution in [-0.4, -0.2) is 28.9 Å². The van der Waals surface area contributed by atoms with Gasteiger partial charge in [0.15, 0.2) is 0 Å². The van der Waals surface area contributed by atoms with Crippen LogP contribution in [0.4, 0.5) is 0 Å². The zero-order valence-electron chi connectivity index (χ0n) is 11.8. The van der Waals surface area contributed by atoms with E-state index in [9.17, 15) is 4.79 Å². The number of aromatic nitrogens is 1. The van der Waals surface area contributed by atoms with Crippen LogP contribution in [0.5, 0.6) is 0 Å². The Kier molecular flexibility index (Phi) is 4.69. The van der Waals surface area contributed by atoms with E-state index in [1.165, 1.54) is 0 Å². The molecule has 1 amide bonds. The second-order valence-corrected chi connectivity index (χ2v) is 5.72. The molecule has 0 aliphatic rings. The van der Waals surface area contributed by atoms with E-state index in [4.69, 9.17) is 0 Å². The van der Waals surface area contributed by atoms with Gasteiger partial charge in [0.05, 0.1) is 10.2 Å². The van der Waals surface area contributed by atoms with Gasteiger partial charge in [-0.3, -0.25) is 4.79 Å². The summed E-state index contributed by atoms with van der Waals surface area (Å²) < 4.78 is 1.13. The molecule has 4 heteroatoms. The number of rotatable bonds is 5. The van der Waals surface area contributed by atoms with Crippen LogP contribution in [0, 0.1) is 0 Å². The van der Waals surface area contributed by atoms with Crippen molar-refractivity contribution < 1.29 is 4.79 Å². The first-order valence-electron chi connectivity index (χ1n) is 6.57. The van der Waals surface area contributed by atoms with Crippen molar-refractivity contribution in [1.82, 2.24) is 9.88 Å².